The fourth-order valence-corrected chi connectivity index (χ4v) is 0.847. The lowest BCUT2D eigenvalue weighted by atomic mass is 10.2. The highest BCUT2D eigenvalue weighted by Crippen LogP contribution is 2.13. The van der Waals surface area contributed by atoms with Crippen molar-refractivity contribution in [1.29, 1.82) is 0 Å². The minimum Gasteiger partial charge on any atom is -0.258 e. The first kappa shape index (κ1) is 8.01. The smallest absolute Gasteiger partial charge is 0.258 e. The van der Waals surface area contributed by atoms with E-state index >= 15 is 0 Å². The monoisotopic (exact) mass is 170 g/mol. The molecule has 0 unspecified atom stereocenters. The molecule has 1 aromatic carbocycles. The minimum atomic E-state index is -0.454. The number of nitrogens with zero attached hydrogens (tertiary/aromatic N) is 1. The van der Waals surface area contributed by atoms with Gasteiger partial charge in [-0.15, -0.1) is 11.6 Å². The summed E-state index contributed by atoms with van der Waals surface area (Å²) in [4.78, 5) is 9.76. The van der Waals surface area contributed by atoms with Gasteiger partial charge >= 0.3 is 0 Å². The first-order valence-electron chi connectivity index (χ1n) is 2.95. The molecule has 1 aromatic rings. The molecular weight excluding hydrogens is 166 g/mol. The molecule has 0 saturated heterocycles. The molecule has 0 aliphatic rings. The molecule has 0 aromatic heterocycles. The first-order valence-corrected chi connectivity index (χ1v) is 3.48. The Kier molecular flexibility index (Phi) is 2.44. The van der Waals surface area contributed by atoms with Gasteiger partial charge in [-0.1, -0.05) is 0 Å². The number of nitro benzene ring substituents is 1. The third-order valence-corrected chi connectivity index (χ3v) is 1.49. The second kappa shape index (κ2) is 3.34. The topological polar surface area (TPSA) is 43.1 Å². The molecule has 1 rings (SSSR count). The van der Waals surface area contributed by atoms with E-state index in [1.165, 1.54) is 18.2 Å². The van der Waals surface area contributed by atoms with Gasteiger partial charge in [0.15, 0.2) is 0 Å². The summed E-state index contributed by atoms with van der Waals surface area (Å²) in [7, 11) is 0. The van der Waals surface area contributed by atoms with Gasteiger partial charge in [0.2, 0.25) is 0 Å². The fraction of sp³-hybridized carbons (Fsp3) is 0.143. The summed E-state index contributed by atoms with van der Waals surface area (Å²) in [6, 6.07) is 7.07. The van der Waals surface area contributed by atoms with E-state index in [1.54, 1.807) is 0 Å². The molecule has 0 atom stereocenters. The van der Waals surface area contributed by atoms with Crippen molar-refractivity contribution < 1.29 is 4.92 Å². The van der Waals surface area contributed by atoms with Gasteiger partial charge in [-0.2, -0.15) is 0 Å². The standard InChI is InChI=1S/C7H5ClNO2/c8-5-6-2-1-3-7(4-6)9(10)11/h1,3-4H,5H2. The Morgan fingerprint density at radius 1 is 1.73 bits per heavy atom. The molecule has 4 heteroatoms. The van der Waals surface area contributed by atoms with E-state index in [-0.39, 0.29) is 11.6 Å². The Morgan fingerprint density at radius 3 is 3.00 bits per heavy atom. The Morgan fingerprint density at radius 2 is 2.45 bits per heavy atom. The summed E-state index contributed by atoms with van der Waals surface area (Å²) in [6.07, 6.45) is 0. The molecular formula is C7H5ClNO2. The summed E-state index contributed by atoms with van der Waals surface area (Å²) in [5.41, 5.74) is 0.695. The summed E-state index contributed by atoms with van der Waals surface area (Å²) in [6.45, 7) is 0. The summed E-state index contributed by atoms with van der Waals surface area (Å²) < 4.78 is 0. The molecule has 3 nitrogen and oxygen atoms in total. The van der Waals surface area contributed by atoms with Crippen LogP contribution in [-0.2, 0) is 5.88 Å². The van der Waals surface area contributed by atoms with Crippen LogP contribution in [0.25, 0.3) is 0 Å². The summed E-state index contributed by atoms with van der Waals surface area (Å²) >= 11 is 5.45. The highest BCUT2D eigenvalue weighted by molar-refractivity contribution is 6.17. The normalized spacial score (nSPS) is 9.55. The second-order valence-corrected chi connectivity index (χ2v) is 2.23. The van der Waals surface area contributed by atoms with Crippen molar-refractivity contribution in [3.05, 3.63) is 39.9 Å². The average molecular weight is 171 g/mol. The maximum Gasteiger partial charge on any atom is 0.269 e. The van der Waals surface area contributed by atoms with Crippen LogP contribution in [0.4, 0.5) is 5.69 Å². The van der Waals surface area contributed by atoms with Gasteiger partial charge in [0.1, 0.15) is 0 Å². The maximum atomic E-state index is 10.2. The van der Waals surface area contributed by atoms with E-state index in [9.17, 15) is 10.1 Å². The Hall–Kier alpha value is -1.09. The molecule has 0 saturated carbocycles. The zero-order chi connectivity index (χ0) is 8.27. The van der Waals surface area contributed by atoms with Gasteiger partial charge in [0.05, 0.1) is 4.92 Å². The number of hydrogen-bond donors (Lipinski definition) is 0. The quantitative estimate of drug-likeness (QED) is 0.388. The van der Waals surface area contributed by atoms with Crippen molar-refractivity contribution in [3.63, 3.8) is 0 Å². The minimum absolute atomic E-state index is 0.0550. The van der Waals surface area contributed by atoms with E-state index in [0.29, 0.717) is 5.56 Å². The molecule has 0 N–H and O–H groups in total. The maximum absolute atomic E-state index is 10.2. The Bertz CT molecular complexity index is 275. The molecule has 0 aliphatic carbocycles. The third kappa shape index (κ3) is 1.91. The van der Waals surface area contributed by atoms with Crippen LogP contribution in [0.2, 0.25) is 0 Å². The highest BCUT2D eigenvalue weighted by Gasteiger charge is 2.03. The molecule has 1 radical (unpaired) electrons. The number of halogens is 1. The largest absolute Gasteiger partial charge is 0.269 e. The number of hydrogen-bond acceptors (Lipinski definition) is 2. The molecule has 11 heavy (non-hydrogen) atoms. The number of non-ortho nitro benzene ring substituents is 1. The fourth-order valence-electron chi connectivity index (χ4n) is 0.693. The van der Waals surface area contributed by atoms with Gasteiger partial charge in [-0.25, -0.2) is 0 Å². The highest BCUT2D eigenvalue weighted by atomic mass is 35.5. The van der Waals surface area contributed by atoms with Gasteiger partial charge in [-0.3, -0.25) is 10.1 Å². The van der Waals surface area contributed by atoms with E-state index in [2.05, 4.69) is 6.07 Å². The van der Waals surface area contributed by atoms with Crippen molar-refractivity contribution in [2.45, 2.75) is 5.88 Å². The lowest BCUT2D eigenvalue weighted by Gasteiger charge is -1.92. The van der Waals surface area contributed by atoms with Crippen molar-refractivity contribution >= 4 is 17.3 Å². The SMILES string of the molecule is O=[N+]([O-])c1cc[c]c(CCl)c1. The van der Waals surface area contributed by atoms with Crippen LogP contribution in [0, 0.1) is 16.2 Å². The predicted molar refractivity (Wildman–Crippen MR) is 41.5 cm³/mol. The van der Waals surface area contributed by atoms with Crippen LogP contribution >= 0.6 is 11.6 Å². The number of benzene rings is 1. The van der Waals surface area contributed by atoms with Crippen molar-refractivity contribution in [3.8, 4) is 0 Å². The number of nitro groups is 1. The second-order valence-electron chi connectivity index (χ2n) is 1.96. The van der Waals surface area contributed by atoms with E-state index in [0.717, 1.165) is 0 Å². The first-order chi connectivity index (χ1) is 5.24. The zero-order valence-electron chi connectivity index (χ0n) is 5.58. The van der Waals surface area contributed by atoms with E-state index in [1.807, 2.05) is 0 Å². The lowest BCUT2D eigenvalue weighted by Crippen LogP contribution is -1.88. The van der Waals surface area contributed by atoms with Gasteiger partial charge in [0.25, 0.3) is 5.69 Å². The van der Waals surface area contributed by atoms with Crippen LogP contribution in [0.1, 0.15) is 5.56 Å². The van der Waals surface area contributed by atoms with Gasteiger partial charge in [0, 0.05) is 18.0 Å². The van der Waals surface area contributed by atoms with Crippen LogP contribution < -0.4 is 0 Å². The predicted octanol–water partition coefficient (Wildman–Crippen LogP) is 2.13. The van der Waals surface area contributed by atoms with Gasteiger partial charge < -0.3 is 0 Å². The van der Waals surface area contributed by atoms with Crippen molar-refractivity contribution in [2.75, 3.05) is 0 Å². The van der Waals surface area contributed by atoms with E-state index < -0.39 is 4.92 Å². The lowest BCUT2D eigenvalue weighted by molar-refractivity contribution is -0.384. The van der Waals surface area contributed by atoms with Crippen LogP contribution in [0.15, 0.2) is 18.2 Å². The van der Waals surface area contributed by atoms with Crippen LogP contribution in [0.3, 0.4) is 0 Å². The molecule has 0 bridgehead atoms. The van der Waals surface area contributed by atoms with Crippen LogP contribution in [-0.4, -0.2) is 4.92 Å². The third-order valence-electron chi connectivity index (χ3n) is 1.20. The molecule has 0 fully saturated rings. The molecule has 0 spiro atoms. The number of alkyl halides is 1. The van der Waals surface area contributed by atoms with Gasteiger partial charge in [-0.05, 0) is 17.7 Å². The van der Waals surface area contributed by atoms with Crippen molar-refractivity contribution in [2.24, 2.45) is 0 Å². The molecule has 0 aliphatic heterocycles. The molecule has 0 heterocycles. The average Bonchev–Trinajstić information content (AvgIpc) is 2.05. The molecule has 57 valence electrons. The zero-order valence-corrected chi connectivity index (χ0v) is 6.34. The van der Waals surface area contributed by atoms with Crippen molar-refractivity contribution in [1.82, 2.24) is 0 Å². The Labute approximate surface area is 68.8 Å². The summed E-state index contributed by atoms with van der Waals surface area (Å²) in [5.74, 6) is 0.252. The molecule has 0 amide bonds. The number of rotatable bonds is 2. The van der Waals surface area contributed by atoms with Crippen LogP contribution in [0.5, 0.6) is 0 Å². The Balaban J connectivity index is 3.01. The summed E-state index contributed by atoms with van der Waals surface area (Å²) in [5, 5.41) is 10.2. The van der Waals surface area contributed by atoms with E-state index in [4.69, 9.17) is 11.6 Å².